The number of rotatable bonds is 6. The Morgan fingerprint density at radius 2 is 2.14 bits per heavy atom. The standard InChI is InChI=1S/C15H21BrN2O3/c1-20-9-10-21-12-6-4-11(5-7-12)18-15(19)14-13(16)3-2-8-17-14/h2-3,8,11-12H,4-7,9-10H2,1H3,(H,18,19). The molecule has 1 saturated carbocycles. The number of amides is 1. The number of hydrogen-bond donors (Lipinski definition) is 1. The number of methoxy groups -OCH3 is 1. The quantitative estimate of drug-likeness (QED) is 0.795. The van der Waals surface area contributed by atoms with Gasteiger partial charge in [-0.05, 0) is 53.7 Å². The number of nitrogens with zero attached hydrogens (tertiary/aromatic N) is 1. The fourth-order valence-corrected chi connectivity index (χ4v) is 2.91. The van der Waals surface area contributed by atoms with E-state index in [1.54, 1.807) is 19.4 Å². The third-order valence-electron chi connectivity index (χ3n) is 3.62. The van der Waals surface area contributed by atoms with Crippen LogP contribution in [0.5, 0.6) is 0 Å². The van der Waals surface area contributed by atoms with Crippen molar-refractivity contribution >= 4 is 21.8 Å². The maximum absolute atomic E-state index is 12.2. The summed E-state index contributed by atoms with van der Waals surface area (Å²) < 4.78 is 11.4. The molecular weight excluding hydrogens is 336 g/mol. The van der Waals surface area contributed by atoms with Gasteiger partial charge in [-0.3, -0.25) is 4.79 Å². The van der Waals surface area contributed by atoms with Gasteiger partial charge in [0, 0.05) is 23.8 Å². The Balaban J connectivity index is 1.76. The molecule has 0 bridgehead atoms. The second-order valence-corrected chi connectivity index (χ2v) is 6.00. The molecule has 1 fully saturated rings. The lowest BCUT2D eigenvalue weighted by Crippen LogP contribution is -2.39. The highest BCUT2D eigenvalue weighted by atomic mass is 79.9. The summed E-state index contributed by atoms with van der Waals surface area (Å²) in [6, 6.07) is 3.82. The molecule has 1 N–H and O–H groups in total. The molecule has 0 aliphatic heterocycles. The molecule has 1 aromatic heterocycles. The first-order valence-electron chi connectivity index (χ1n) is 7.22. The highest BCUT2D eigenvalue weighted by Gasteiger charge is 2.24. The third-order valence-corrected chi connectivity index (χ3v) is 4.26. The lowest BCUT2D eigenvalue weighted by molar-refractivity contribution is -0.00409. The molecule has 1 amide bonds. The summed E-state index contributed by atoms with van der Waals surface area (Å²) in [7, 11) is 1.67. The van der Waals surface area contributed by atoms with E-state index in [2.05, 4.69) is 26.2 Å². The van der Waals surface area contributed by atoms with Gasteiger partial charge in [0.1, 0.15) is 5.69 Å². The monoisotopic (exact) mass is 356 g/mol. The molecule has 0 aromatic carbocycles. The zero-order chi connectivity index (χ0) is 15.1. The predicted molar refractivity (Wildman–Crippen MR) is 83.3 cm³/mol. The molecule has 21 heavy (non-hydrogen) atoms. The van der Waals surface area contributed by atoms with Crippen molar-refractivity contribution < 1.29 is 14.3 Å². The van der Waals surface area contributed by atoms with Crippen molar-refractivity contribution in [3.63, 3.8) is 0 Å². The molecule has 1 aromatic rings. The Bertz CT molecular complexity index is 462. The first-order valence-corrected chi connectivity index (χ1v) is 8.02. The molecule has 0 radical (unpaired) electrons. The van der Waals surface area contributed by atoms with Gasteiger partial charge in [-0.25, -0.2) is 4.98 Å². The highest BCUT2D eigenvalue weighted by molar-refractivity contribution is 9.10. The van der Waals surface area contributed by atoms with E-state index in [0.29, 0.717) is 18.9 Å². The van der Waals surface area contributed by atoms with Crippen LogP contribution in [0.4, 0.5) is 0 Å². The Morgan fingerprint density at radius 1 is 1.38 bits per heavy atom. The first-order chi connectivity index (χ1) is 10.2. The lowest BCUT2D eigenvalue weighted by Gasteiger charge is -2.29. The van der Waals surface area contributed by atoms with Gasteiger partial charge in [0.05, 0.1) is 19.3 Å². The predicted octanol–water partition coefficient (Wildman–Crippen LogP) is 2.55. The van der Waals surface area contributed by atoms with Gasteiger partial charge < -0.3 is 14.8 Å². The van der Waals surface area contributed by atoms with E-state index in [0.717, 1.165) is 30.2 Å². The van der Waals surface area contributed by atoms with Crippen molar-refractivity contribution in [3.8, 4) is 0 Å². The molecular formula is C15H21BrN2O3. The molecule has 1 aliphatic carbocycles. The third kappa shape index (κ3) is 5.05. The summed E-state index contributed by atoms with van der Waals surface area (Å²) >= 11 is 3.35. The zero-order valence-electron chi connectivity index (χ0n) is 12.2. The molecule has 0 spiro atoms. The van der Waals surface area contributed by atoms with Crippen molar-refractivity contribution in [3.05, 3.63) is 28.5 Å². The Hall–Kier alpha value is -0.980. The molecule has 0 atom stereocenters. The summed E-state index contributed by atoms with van der Waals surface area (Å²) in [5.41, 5.74) is 0.441. The molecule has 1 heterocycles. The van der Waals surface area contributed by atoms with Crippen LogP contribution in [0.25, 0.3) is 0 Å². The number of carbonyl (C=O) groups excluding carboxylic acids is 1. The van der Waals surface area contributed by atoms with E-state index in [-0.39, 0.29) is 18.1 Å². The number of ether oxygens (including phenoxy) is 2. The van der Waals surface area contributed by atoms with Gasteiger partial charge in [-0.2, -0.15) is 0 Å². The SMILES string of the molecule is COCCOC1CCC(NC(=O)c2ncccc2Br)CC1. The minimum Gasteiger partial charge on any atom is -0.382 e. The number of aromatic nitrogens is 1. The molecule has 0 saturated heterocycles. The smallest absolute Gasteiger partial charge is 0.271 e. The fraction of sp³-hybridized carbons (Fsp3) is 0.600. The summed E-state index contributed by atoms with van der Waals surface area (Å²) in [4.78, 5) is 16.3. The van der Waals surface area contributed by atoms with Crippen LogP contribution in [0.15, 0.2) is 22.8 Å². The van der Waals surface area contributed by atoms with E-state index in [4.69, 9.17) is 9.47 Å². The number of hydrogen-bond acceptors (Lipinski definition) is 4. The lowest BCUT2D eigenvalue weighted by atomic mass is 9.93. The molecule has 116 valence electrons. The maximum Gasteiger partial charge on any atom is 0.271 e. The van der Waals surface area contributed by atoms with Gasteiger partial charge >= 0.3 is 0 Å². The topological polar surface area (TPSA) is 60.5 Å². The van der Waals surface area contributed by atoms with Crippen molar-refractivity contribution in [1.29, 1.82) is 0 Å². The summed E-state index contributed by atoms with van der Waals surface area (Å²) in [5.74, 6) is -0.119. The molecule has 6 heteroatoms. The number of halogens is 1. The van der Waals surface area contributed by atoms with Crippen LogP contribution in [0.1, 0.15) is 36.2 Å². The minimum absolute atomic E-state index is 0.119. The van der Waals surface area contributed by atoms with E-state index in [9.17, 15) is 4.79 Å². The van der Waals surface area contributed by atoms with E-state index < -0.39 is 0 Å². The van der Waals surface area contributed by atoms with Crippen molar-refractivity contribution in [1.82, 2.24) is 10.3 Å². The number of pyridine rings is 1. The molecule has 1 aliphatic rings. The van der Waals surface area contributed by atoms with Crippen LogP contribution < -0.4 is 5.32 Å². The first kappa shape index (κ1) is 16.4. The largest absolute Gasteiger partial charge is 0.382 e. The average molecular weight is 357 g/mol. The van der Waals surface area contributed by atoms with Crippen LogP contribution in [0.3, 0.4) is 0 Å². The van der Waals surface area contributed by atoms with Gasteiger partial charge in [-0.1, -0.05) is 0 Å². The number of nitrogens with one attached hydrogen (secondary N) is 1. The summed E-state index contributed by atoms with van der Waals surface area (Å²) in [5, 5.41) is 3.05. The second-order valence-electron chi connectivity index (χ2n) is 5.14. The van der Waals surface area contributed by atoms with Crippen LogP contribution in [-0.4, -0.2) is 43.4 Å². The minimum atomic E-state index is -0.119. The summed E-state index contributed by atoms with van der Waals surface area (Å²) in [6.45, 7) is 1.27. The zero-order valence-corrected chi connectivity index (χ0v) is 13.8. The fourth-order valence-electron chi connectivity index (χ4n) is 2.48. The molecule has 5 nitrogen and oxygen atoms in total. The van der Waals surface area contributed by atoms with E-state index in [1.165, 1.54) is 0 Å². The van der Waals surface area contributed by atoms with Crippen molar-refractivity contribution in [2.75, 3.05) is 20.3 Å². The second kappa shape index (κ2) is 8.46. The number of carbonyl (C=O) groups is 1. The van der Waals surface area contributed by atoms with Gasteiger partial charge in [-0.15, -0.1) is 0 Å². The Morgan fingerprint density at radius 3 is 2.81 bits per heavy atom. The summed E-state index contributed by atoms with van der Waals surface area (Å²) in [6.07, 6.45) is 5.73. The van der Waals surface area contributed by atoms with Gasteiger partial charge in [0.25, 0.3) is 5.91 Å². The highest BCUT2D eigenvalue weighted by Crippen LogP contribution is 2.22. The average Bonchev–Trinajstić information content (AvgIpc) is 2.49. The van der Waals surface area contributed by atoms with Crippen molar-refractivity contribution in [2.24, 2.45) is 0 Å². The normalized spacial score (nSPS) is 22.0. The van der Waals surface area contributed by atoms with Crippen LogP contribution >= 0.6 is 15.9 Å². The Labute approximate surface area is 133 Å². The van der Waals surface area contributed by atoms with Gasteiger partial charge in [0.2, 0.25) is 0 Å². The molecule has 2 rings (SSSR count). The van der Waals surface area contributed by atoms with Crippen LogP contribution in [-0.2, 0) is 9.47 Å². The van der Waals surface area contributed by atoms with Crippen LogP contribution in [0, 0.1) is 0 Å². The van der Waals surface area contributed by atoms with Crippen molar-refractivity contribution in [2.45, 2.75) is 37.8 Å². The van der Waals surface area contributed by atoms with Crippen LogP contribution in [0.2, 0.25) is 0 Å². The van der Waals surface area contributed by atoms with E-state index >= 15 is 0 Å². The van der Waals surface area contributed by atoms with Gasteiger partial charge in [0.15, 0.2) is 0 Å². The van der Waals surface area contributed by atoms with E-state index in [1.807, 2.05) is 6.07 Å². The Kier molecular flexibility index (Phi) is 6.60. The maximum atomic E-state index is 12.2. The molecule has 0 unspecified atom stereocenters.